The summed E-state index contributed by atoms with van der Waals surface area (Å²) in [6.07, 6.45) is 2.50. The first-order valence-electron chi connectivity index (χ1n) is 7.38. The van der Waals surface area contributed by atoms with Gasteiger partial charge in [-0.2, -0.15) is 0 Å². The van der Waals surface area contributed by atoms with Crippen molar-refractivity contribution in [2.45, 2.75) is 44.6 Å². The first kappa shape index (κ1) is 15.6. The first-order chi connectivity index (χ1) is 9.77. The van der Waals surface area contributed by atoms with Crippen LogP contribution in [0.25, 0.3) is 0 Å². The molecule has 0 aliphatic heterocycles. The minimum atomic E-state index is -0.263. The van der Waals surface area contributed by atoms with Crippen LogP contribution < -0.4 is 0 Å². The van der Waals surface area contributed by atoms with Gasteiger partial charge in [-0.15, -0.1) is 0 Å². The molecule has 1 aliphatic carbocycles. The number of hydrogen-bond acceptors (Lipinski definition) is 3. The molecule has 0 bridgehead atoms. The lowest BCUT2D eigenvalue weighted by Crippen LogP contribution is -2.48. The second-order valence-corrected chi connectivity index (χ2v) is 6.95. The highest BCUT2D eigenvalue weighted by atomic mass is 16.5. The van der Waals surface area contributed by atoms with Crippen molar-refractivity contribution in [3.05, 3.63) is 47.9 Å². The van der Waals surface area contributed by atoms with Crippen molar-refractivity contribution in [3.8, 4) is 0 Å². The molecule has 0 spiro atoms. The fourth-order valence-corrected chi connectivity index (χ4v) is 3.07. The maximum Gasteiger partial charge on any atom is 0.182 e. The van der Waals surface area contributed by atoms with Gasteiger partial charge < -0.3 is 14.4 Å². The summed E-state index contributed by atoms with van der Waals surface area (Å²) >= 11 is 0. The van der Waals surface area contributed by atoms with Gasteiger partial charge in [-0.1, -0.05) is 24.3 Å². The van der Waals surface area contributed by atoms with E-state index in [1.165, 1.54) is 11.1 Å². The van der Waals surface area contributed by atoms with E-state index in [0.29, 0.717) is 12.3 Å². The molecule has 1 aliphatic rings. The molecule has 1 atom stereocenters. The van der Waals surface area contributed by atoms with Crippen molar-refractivity contribution in [2.75, 3.05) is 13.6 Å². The van der Waals surface area contributed by atoms with Gasteiger partial charge in [0.2, 0.25) is 0 Å². The van der Waals surface area contributed by atoms with E-state index >= 15 is 0 Å². The second-order valence-electron chi connectivity index (χ2n) is 6.95. The van der Waals surface area contributed by atoms with Crippen molar-refractivity contribution in [1.82, 2.24) is 4.90 Å². The zero-order chi connectivity index (χ0) is 15.7. The molecule has 21 heavy (non-hydrogen) atoms. The van der Waals surface area contributed by atoms with Gasteiger partial charge in [-0.25, -0.2) is 0 Å². The van der Waals surface area contributed by atoms with Gasteiger partial charge in [0.05, 0.1) is 0 Å². The summed E-state index contributed by atoms with van der Waals surface area (Å²) in [4.78, 5) is 13.1. The van der Waals surface area contributed by atoms with Crippen LogP contribution in [0.4, 0.5) is 0 Å². The van der Waals surface area contributed by atoms with E-state index in [1.807, 2.05) is 38.8 Å². The Morgan fingerprint density at radius 1 is 1.43 bits per heavy atom. The number of ether oxygens (including phenoxy) is 1. The number of carbonyl (C=O) groups is 1. The van der Waals surface area contributed by atoms with Crippen molar-refractivity contribution < 1.29 is 9.53 Å². The van der Waals surface area contributed by atoms with E-state index in [-0.39, 0.29) is 11.0 Å². The SMILES string of the molecule is C=C(OC(C)(C)C)N(C)CC1(CC=O)Cc2ccccc21. The van der Waals surface area contributed by atoms with E-state index in [0.717, 1.165) is 19.3 Å². The third-order valence-corrected chi connectivity index (χ3v) is 3.98. The van der Waals surface area contributed by atoms with E-state index in [2.05, 4.69) is 24.8 Å². The number of nitrogens with zero attached hydrogens (tertiary/aromatic N) is 1. The third-order valence-electron chi connectivity index (χ3n) is 3.98. The van der Waals surface area contributed by atoms with E-state index < -0.39 is 0 Å². The van der Waals surface area contributed by atoms with Crippen LogP contribution in [0.3, 0.4) is 0 Å². The lowest BCUT2D eigenvalue weighted by atomic mass is 9.62. The van der Waals surface area contributed by atoms with Crippen LogP contribution in [0.5, 0.6) is 0 Å². The first-order valence-corrected chi connectivity index (χ1v) is 7.38. The molecule has 1 unspecified atom stereocenters. The summed E-state index contributed by atoms with van der Waals surface area (Å²) in [6.45, 7) is 10.8. The molecule has 0 N–H and O–H groups in total. The van der Waals surface area contributed by atoms with Crippen LogP contribution in [0, 0.1) is 0 Å². The number of carbonyl (C=O) groups excluding carboxylic acids is 1. The maximum atomic E-state index is 11.1. The van der Waals surface area contributed by atoms with Gasteiger partial charge in [0.25, 0.3) is 0 Å². The molecular formula is C18H25NO2. The molecular weight excluding hydrogens is 262 g/mol. The summed E-state index contributed by atoms with van der Waals surface area (Å²) < 4.78 is 5.82. The third kappa shape index (κ3) is 3.29. The van der Waals surface area contributed by atoms with Crippen molar-refractivity contribution in [2.24, 2.45) is 0 Å². The minimum absolute atomic E-state index is 0.0999. The van der Waals surface area contributed by atoms with Crippen LogP contribution in [0.1, 0.15) is 38.3 Å². The number of likely N-dealkylation sites (N-methyl/N-ethyl adjacent to an activating group) is 1. The van der Waals surface area contributed by atoms with Crippen molar-refractivity contribution in [1.29, 1.82) is 0 Å². The molecule has 0 heterocycles. The quantitative estimate of drug-likeness (QED) is 0.594. The summed E-state index contributed by atoms with van der Waals surface area (Å²) in [6, 6.07) is 8.36. The summed E-state index contributed by atoms with van der Waals surface area (Å²) in [5.74, 6) is 0.650. The molecule has 0 fully saturated rings. The molecule has 3 nitrogen and oxygen atoms in total. The van der Waals surface area contributed by atoms with Crippen LogP contribution in [0.15, 0.2) is 36.7 Å². The Kier molecular flexibility index (Phi) is 4.13. The Morgan fingerprint density at radius 2 is 2.10 bits per heavy atom. The van der Waals surface area contributed by atoms with Crippen LogP contribution in [-0.2, 0) is 21.4 Å². The molecule has 0 saturated heterocycles. The lowest BCUT2D eigenvalue weighted by Gasteiger charge is -2.46. The standard InChI is InChI=1S/C18H25NO2/c1-14(21-17(2,3)4)19(5)13-18(10-11-20)12-15-8-6-7-9-16(15)18/h6-9,11H,1,10,12-13H2,2-5H3. The largest absolute Gasteiger partial charge is 0.474 e. The summed E-state index contributed by atoms with van der Waals surface area (Å²) in [5, 5.41) is 0. The predicted molar refractivity (Wildman–Crippen MR) is 85.1 cm³/mol. The van der Waals surface area contributed by atoms with Crippen molar-refractivity contribution >= 4 is 6.29 Å². The van der Waals surface area contributed by atoms with E-state index in [4.69, 9.17) is 4.74 Å². The van der Waals surface area contributed by atoms with Gasteiger partial charge in [0.15, 0.2) is 5.88 Å². The average Bonchev–Trinajstić information content (AvgIpc) is 2.35. The van der Waals surface area contributed by atoms with Crippen molar-refractivity contribution in [3.63, 3.8) is 0 Å². The molecule has 2 rings (SSSR count). The van der Waals surface area contributed by atoms with E-state index in [1.54, 1.807) is 0 Å². The highest BCUT2D eigenvalue weighted by Gasteiger charge is 2.43. The number of benzene rings is 1. The number of fused-ring (bicyclic) bond motifs is 1. The summed E-state index contributed by atoms with van der Waals surface area (Å²) in [5.41, 5.74) is 2.26. The Balaban J connectivity index is 2.12. The van der Waals surface area contributed by atoms with Gasteiger partial charge in [0, 0.05) is 25.4 Å². The Labute approximate surface area is 127 Å². The molecule has 0 amide bonds. The highest BCUT2D eigenvalue weighted by Crippen LogP contribution is 2.44. The highest BCUT2D eigenvalue weighted by molar-refractivity contribution is 5.58. The summed E-state index contributed by atoms with van der Waals surface area (Å²) in [7, 11) is 1.97. The smallest absolute Gasteiger partial charge is 0.182 e. The van der Waals surface area contributed by atoms with E-state index in [9.17, 15) is 4.79 Å². The fraction of sp³-hybridized carbons (Fsp3) is 0.500. The van der Waals surface area contributed by atoms with Crippen LogP contribution in [0.2, 0.25) is 0 Å². The fourth-order valence-electron chi connectivity index (χ4n) is 3.07. The zero-order valence-electron chi connectivity index (χ0n) is 13.5. The van der Waals surface area contributed by atoms with Crippen LogP contribution in [-0.4, -0.2) is 30.4 Å². The molecule has 0 aromatic heterocycles. The molecule has 1 aromatic carbocycles. The lowest BCUT2D eigenvalue weighted by molar-refractivity contribution is -0.109. The topological polar surface area (TPSA) is 29.5 Å². The van der Waals surface area contributed by atoms with Gasteiger partial charge in [-0.05, 0) is 44.9 Å². The number of hydrogen-bond donors (Lipinski definition) is 0. The van der Waals surface area contributed by atoms with Crippen LogP contribution >= 0.6 is 0 Å². The molecule has 1 aromatic rings. The normalized spacial score (nSPS) is 20.2. The molecule has 114 valence electrons. The number of aldehydes is 1. The Bertz CT molecular complexity index is 544. The maximum absolute atomic E-state index is 11.1. The average molecular weight is 287 g/mol. The molecule has 0 radical (unpaired) electrons. The monoisotopic (exact) mass is 287 g/mol. The Morgan fingerprint density at radius 3 is 2.67 bits per heavy atom. The van der Waals surface area contributed by atoms with Gasteiger partial charge in [0.1, 0.15) is 11.9 Å². The molecule has 0 saturated carbocycles. The Hall–Kier alpha value is -1.77. The van der Waals surface area contributed by atoms with Gasteiger partial charge >= 0.3 is 0 Å². The predicted octanol–water partition coefficient (Wildman–Crippen LogP) is 3.29. The second kappa shape index (κ2) is 5.55. The van der Waals surface area contributed by atoms with Gasteiger partial charge in [-0.3, -0.25) is 0 Å². The molecule has 3 heteroatoms. The number of rotatable bonds is 6. The zero-order valence-corrected chi connectivity index (χ0v) is 13.5. The minimum Gasteiger partial charge on any atom is -0.474 e.